The number of halogens is 3. The molecule has 0 heterocycles. The van der Waals surface area contributed by atoms with Crippen molar-refractivity contribution in [3.05, 3.63) is 29.3 Å². The van der Waals surface area contributed by atoms with Gasteiger partial charge in [-0.15, -0.1) is 0 Å². The van der Waals surface area contributed by atoms with Crippen molar-refractivity contribution >= 4 is 17.6 Å². The maximum atomic E-state index is 12.3. The monoisotopic (exact) mass is 280 g/mol. The number of nitrogens with one attached hydrogen (secondary N) is 1. The van der Waals surface area contributed by atoms with E-state index >= 15 is 0 Å². The van der Waals surface area contributed by atoms with E-state index in [0.717, 1.165) is 17.7 Å². The Morgan fingerprint density at radius 3 is 2.33 bits per heavy atom. The fourth-order valence-corrected chi connectivity index (χ4v) is 1.59. The summed E-state index contributed by atoms with van der Waals surface area (Å²) in [6.45, 7) is 4.68. The fourth-order valence-electron chi connectivity index (χ4n) is 1.29. The average Bonchev–Trinajstić information content (AvgIpc) is 2.33. The molecule has 0 atom stereocenters. The molecule has 18 heavy (non-hydrogen) atoms. The highest BCUT2D eigenvalue weighted by Crippen LogP contribution is 2.31. The van der Waals surface area contributed by atoms with Crippen LogP contribution in [0, 0.1) is 0 Å². The number of hydrogen-bond donors (Lipinski definition) is 2. The molecule has 0 amide bonds. The molecule has 0 bridgehead atoms. The van der Waals surface area contributed by atoms with Crippen LogP contribution >= 0.6 is 11.9 Å². The van der Waals surface area contributed by atoms with Crippen molar-refractivity contribution in [2.75, 3.05) is 18.5 Å². The Labute approximate surface area is 110 Å². The summed E-state index contributed by atoms with van der Waals surface area (Å²) in [5.74, 6) is 0. The molecule has 0 aliphatic rings. The SMILES string of the molecule is CC.CSNCCc1ccc(C(F)(F)F)cc1N. The van der Waals surface area contributed by atoms with Crippen molar-refractivity contribution in [1.29, 1.82) is 0 Å². The molecule has 0 unspecified atom stereocenters. The van der Waals surface area contributed by atoms with Gasteiger partial charge in [0.05, 0.1) is 5.56 Å². The molecule has 3 N–H and O–H groups in total. The second kappa shape index (κ2) is 8.26. The second-order valence-electron chi connectivity index (χ2n) is 3.26. The lowest BCUT2D eigenvalue weighted by Crippen LogP contribution is -2.11. The molecular weight excluding hydrogens is 261 g/mol. The molecule has 0 saturated carbocycles. The van der Waals surface area contributed by atoms with Gasteiger partial charge in [-0.2, -0.15) is 13.2 Å². The van der Waals surface area contributed by atoms with Gasteiger partial charge in [-0.1, -0.05) is 31.9 Å². The van der Waals surface area contributed by atoms with Gasteiger partial charge in [0, 0.05) is 12.2 Å². The number of alkyl halides is 3. The summed E-state index contributed by atoms with van der Waals surface area (Å²) >= 11 is 1.46. The molecule has 0 radical (unpaired) electrons. The molecule has 6 heteroatoms. The lowest BCUT2D eigenvalue weighted by Gasteiger charge is -2.10. The van der Waals surface area contributed by atoms with Crippen molar-refractivity contribution in [3.8, 4) is 0 Å². The van der Waals surface area contributed by atoms with Crippen LogP contribution < -0.4 is 10.5 Å². The number of hydrogen-bond acceptors (Lipinski definition) is 3. The standard InChI is InChI=1S/C10H13F3N2S.C2H6/c1-16-15-5-4-7-2-3-8(6-9(7)14)10(11,12)13;1-2/h2-3,6,15H,4-5,14H2,1H3;1-2H3. The Hall–Kier alpha value is -0.880. The van der Waals surface area contributed by atoms with E-state index in [1.54, 1.807) is 0 Å². The van der Waals surface area contributed by atoms with Crippen LogP contribution in [0.2, 0.25) is 0 Å². The van der Waals surface area contributed by atoms with Crippen molar-refractivity contribution < 1.29 is 13.2 Å². The Morgan fingerprint density at radius 2 is 1.89 bits per heavy atom. The van der Waals surface area contributed by atoms with Gasteiger partial charge in [-0.3, -0.25) is 4.72 Å². The van der Waals surface area contributed by atoms with Gasteiger partial charge in [-0.05, 0) is 30.4 Å². The summed E-state index contributed by atoms with van der Waals surface area (Å²) in [7, 11) is 0. The summed E-state index contributed by atoms with van der Waals surface area (Å²) < 4.78 is 40.0. The lowest BCUT2D eigenvalue weighted by atomic mass is 10.1. The molecule has 0 fully saturated rings. The van der Waals surface area contributed by atoms with E-state index in [2.05, 4.69) is 4.72 Å². The van der Waals surface area contributed by atoms with Crippen LogP contribution in [0.25, 0.3) is 0 Å². The van der Waals surface area contributed by atoms with Crippen LogP contribution in [0.1, 0.15) is 25.0 Å². The van der Waals surface area contributed by atoms with E-state index in [-0.39, 0.29) is 5.69 Å². The highest BCUT2D eigenvalue weighted by atomic mass is 32.2. The van der Waals surface area contributed by atoms with Crippen molar-refractivity contribution in [2.45, 2.75) is 26.4 Å². The molecule has 104 valence electrons. The third kappa shape index (κ3) is 5.64. The summed E-state index contributed by atoms with van der Waals surface area (Å²) in [5, 5.41) is 0. The number of rotatable bonds is 4. The van der Waals surface area contributed by atoms with E-state index in [1.165, 1.54) is 18.0 Å². The van der Waals surface area contributed by atoms with E-state index < -0.39 is 11.7 Å². The molecule has 0 aromatic heterocycles. The minimum atomic E-state index is -4.33. The minimum Gasteiger partial charge on any atom is -0.398 e. The molecule has 0 spiro atoms. The van der Waals surface area contributed by atoms with Gasteiger partial charge < -0.3 is 5.73 Å². The predicted octanol–water partition coefficient (Wildman–Crippen LogP) is 3.72. The van der Waals surface area contributed by atoms with Crippen LogP contribution in [0.15, 0.2) is 18.2 Å². The predicted molar refractivity (Wildman–Crippen MR) is 72.4 cm³/mol. The maximum Gasteiger partial charge on any atom is 0.416 e. The fraction of sp³-hybridized carbons (Fsp3) is 0.500. The molecule has 0 aliphatic heterocycles. The van der Waals surface area contributed by atoms with Crippen LogP contribution in [-0.4, -0.2) is 12.8 Å². The first-order valence-corrected chi connectivity index (χ1v) is 6.89. The van der Waals surface area contributed by atoms with Gasteiger partial charge in [0.1, 0.15) is 0 Å². The average molecular weight is 280 g/mol. The molecule has 2 nitrogen and oxygen atoms in total. The zero-order valence-corrected chi connectivity index (χ0v) is 11.6. The smallest absolute Gasteiger partial charge is 0.398 e. The lowest BCUT2D eigenvalue weighted by molar-refractivity contribution is -0.137. The largest absolute Gasteiger partial charge is 0.416 e. The summed E-state index contributed by atoms with van der Waals surface area (Å²) in [5.41, 5.74) is 5.79. The minimum absolute atomic E-state index is 0.192. The van der Waals surface area contributed by atoms with Crippen molar-refractivity contribution in [1.82, 2.24) is 4.72 Å². The van der Waals surface area contributed by atoms with Gasteiger partial charge in [0.15, 0.2) is 0 Å². The van der Waals surface area contributed by atoms with Crippen LogP contribution in [0.4, 0.5) is 18.9 Å². The molecule has 1 aromatic carbocycles. The highest BCUT2D eigenvalue weighted by Gasteiger charge is 2.30. The molecule has 1 rings (SSSR count). The topological polar surface area (TPSA) is 38.0 Å². The Bertz CT molecular complexity index is 354. The number of benzene rings is 1. The number of anilines is 1. The molecule has 0 saturated heterocycles. The van der Waals surface area contributed by atoms with Crippen molar-refractivity contribution in [3.63, 3.8) is 0 Å². The molecule has 1 aromatic rings. The van der Waals surface area contributed by atoms with Crippen LogP contribution in [0.5, 0.6) is 0 Å². The third-order valence-electron chi connectivity index (χ3n) is 2.11. The maximum absolute atomic E-state index is 12.3. The van der Waals surface area contributed by atoms with E-state index in [9.17, 15) is 13.2 Å². The first-order valence-electron chi connectivity index (χ1n) is 5.66. The van der Waals surface area contributed by atoms with Gasteiger partial charge in [0.2, 0.25) is 0 Å². The van der Waals surface area contributed by atoms with Gasteiger partial charge in [0.25, 0.3) is 0 Å². The summed E-state index contributed by atoms with van der Waals surface area (Å²) in [6.07, 6.45) is -1.83. The Morgan fingerprint density at radius 1 is 1.28 bits per heavy atom. The summed E-state index contributed by atoms with van der Waals surface area (Å²) in [6, 6.07) is 3.47. The normalized spacial score (nSPS) is 10.8. The van der Waals surface area contributed by atoms with E-state index in [0.29, 0.717) is 13.0 Å². The van der Waals surface area contributed by atoms with E-state index in [4.69, 9.17) is 5.73 Å². The van der Waals surface area contributed by atoms with Crippen LogP contribution in [0.3, 0.4) is 0 Å². The quantitative estimate of drug-likeness (QED) is 0.501. The summed E-state index contributed by atoms with van der Waals surface area (Å²) in [4.78, 5) is 0. The first-order chi connectivity index (χ1) is 8.45. The highest BCUT2D eigenvalue weighted by molar-refractivity contribution is 7.96. The van der Waals surface area contributed by atoms with Crippen molar-refractivity contribution in [2.24, 2.45) is 0 Å². The Kier molecular flexibility index (Phi) is 7.86. The molecule has 0 aliphatic carbocycles. The molecular formula is C12H19F3N2S. The zero-order valence-electron chi connectivity index (χ0n) is 10.8. The van der Waals surface area contributed by atoms with Gasteiger partial charge >= 0.3 is 6.18 Å². The zero-order chi connectivity index (χ0) is 14.2. The number of nitrogens with two attached hydrogens (primary N) is 1. The van der Waals surface area contributed by atoms with Gasteiger partial charge in [-0.25, -0.2) is 0 Å². The first kappa shape index (κ1) is 17.1. The third-order valence-corrected chi connectivity index (χ3v) is 2.61. The van der Waals surface area contributed by atoms with Crippen LogP contribution in [-0.2, 0) is 12.6 Å². The second-order valence-corrected chi connectivity index (χ2v) is 3.96. The van der Waals surface area contributed by atoms with E-state index in [1.807, 2.05) is 20.1 Å². The number of nitrogen functional groups attached to an aromatic ring is 1. The Balaban J connectivity index is 0.00000137.